The minimum absolute atomic E-state index is 0.382. The maximum atomic E-state index is 9.38. The molecule has 0 amide bonds. The lowest BCUT2D eigenvalue weighted by atomic mass is 10.1. The van der Waals surface area contributed by atoms with Crippen LogP contribution in [0.4, 0.5) is 0 Å². The van der Waals surface area contributed by atoms with E-state index in [0.29, 0.717) is 23.8 Å². The number of aliphatic hydroxyl groups is 1. The minimum Gasteiger partial charge on any atom is -0.497 e. The fourth-order valence-electron chi connectivity index (χ4n) is 2.01. The summed E-state index contributed by atoms with van der Waals surface area (Å²) in [5.74, 6) is 1.46. The molecule has 0 aromatic heterocycles. The SMILES string of the molecule is COc1ccc(COc2ccc(CC(C)O)cc2Cl)cc1. The van der Waals surface area contributed by atoms with Gasteiger partial charge in [-0.3, -0.25) is 0 Å². The van der Waals surface area contributed by atoms with Crippen LogP contribution in [-0.2, 0) is 13.0 Å². The van der Waals surface area contributed by atoms with E-state index in [0.717, 1.165) is 16.9 Å². The highest BCUT2D eigenvalue weighted by molar-refractivity contribution is 6.32. The standard InChI is InChI=1S/C17H19ClO3/c1-12(19)9-14-5-8-17(16(18)10-14)21-11-13-3-6-15(20-2)7-4-13/h3-8,10,12,19H,9,11H2,1-2H3. The fraction of sp³-hybridized carbons (Fsp3) is 0.294. The zero-order valence-corrected chi connectivity index (χ0v) is 12.9. The second-order valence-corrected chi connectivity index (χ2v) is 5.36. The van der Waals surface area contributed by atoms with Gasteiger partial charge in [0.2, 0.25) is 0 Å². The summed E-state index contributed by atoms with van der Waals surface area (Å²) in [7, 11) is 1.64. The zero-order valence-electron chi connectivity index (χ0n) is 12.2. The maximum absolute atomic E-state index is 9.38. The Balaban J connectivity index is 1.99. The Morgan fingerprint density at radius 2 is 1.76 bits per heavy atom. The van der Waals surface area contributed by atoms with Crippen LogP contribution in [-0.4, -0.2) is 18.3 Å². The first-order valence-electron chi connectivity index (χ1n) is 6.80. The summed E-state index contributed by atoms with van der Waals surface area (Å²) in [6.45, 7) is 2.20. The summed E-state index contributed by atoms with van der Waals surface area (Å²) in [4.78, 5) is 0. The molecule has 0 aliphatic rings. The van der Waals surface area contributed by atoms with Crippen molar-refractivity contribution in [2.45, 2.75) is 26.1 Å². The van der Waals surface area contributed by atoms with Gasteiger partial charge in [0.15, 0.2) is 0 Å². The van der Waals surface area contributed by atoms with Crippen molar-refractivity contribution in [1.82, 2.24) is 0 Å². The van der Waals surface area contributed by atoms with Crippen molar-refractivity contribution in [3.05, 3.63) is 58.6 Å². The number of ether oxygens (including phenoxy) is 2. The quantitative estimate of drug-likeness (QED) is 0.881. The number of methoxy groups -OCH3 is 1. The molecule has 0 heterocycles. The van der Waals surface area contributed by atoms with Crippen molar-refractivity contribution in [3.8, 4) is 11.5 Å². The summed E-state index contributed by atoms with van der Waals surface area (Å²) >= 11 is 6.20. The fourth-order valence-corrected chi connectivity index (χ4v) is 2.27. The molecule has 1 atom stereocenters. The van der Waals surface area contributed by atoms with Gasteiger partial charge >= 0.3 is 0 Å². The summed E-state index contributed by atoms with van der Waals surface area (Å²) in [5, 5.41) is 9.93. The van der Waals surface area contributed by atoms with Crippen molar-refractivity contribution >= 4 is 11.6 Å². The van der Waals surface area contributed by atoms with Gasteiger partial charge in [-0.2, -0.15) is 0 Å². The molecule has 3 nitrogen and oxygen atoms in total. The molecule has 1 N–H and O–H groups in total. The lowest BCUT2D eigenvalue weighted by Gasteiger charge is -2.11. The molecule has 2 aromatic rings. The molecule has 21 heavy (non-hydrogen) atoms. The molecule has 0 spiro atoms. The van der Waals surface area contributed by atoms with Gasteiger partial charge in [-0.1, -0.05) is 29.8 Å². The van der Waals surface area contributed by atoms with E-state index >= 15 is 0 Å². The van der Waals surface area contributed by atoms with Crippen LogP contribution >= 0.6 is 11.6 Å². The number of benzene rings is 2. The third kappa shape index (κ3) is 4.66. The molecule has 0 saturated heterocycles. The highest BCUT2D eigenvalue weighted by atomic mass is 35.5. The van der Waals surface area contributed by atoms with Gasteiger partial charge in [-0.15, -0.1) is 0 Å². The lowest BCUT2D eigenvalue weighted by Crippen LogP contribution is -2.04. The topological polar surface area (TPSA) is 38.7 Å². The van der Waals surface area contributed by atoms with E-state index in [4.69, 9.17) is 21.1 Å². The largest absolute Gasteiger partial charge is 0.497 e. The molecular formula is C17H19ClO3. The summed E-state index contributed by atoms with van der Waals surface area (Å²) < 4.78 is 10.8. The molecule has 4 heteroatoms. The minimum atomic E-state index is -0.382. The van der Waals surface area contributed by atoms with E-state index in [1.807, 2.05) is 42.5 Å². The third-order valence-electron chi connectivity index (χ3n) is 3.08. The number of hydrogen-bond acceptors (Lipinski definition) is 3. The number of rotatable bonds is 6. The molecule has 0 aliphatic carbocycles. The van der Waals surface area contributed by atoms with Gasteiger partial charge in [0.25, 0.3) is 0 Å². The van der Waals surface area contributed by atoms with Crippen LogP contribution in [0.1, 0.15) is 18.1 Å². The molecular weight excluding hydrogens is 288 g/mol. The summed E-state index contributed by atoms with van der Waals surface area (Å²) in [6, 6.07) is 13.3. The predicted molar refractivity (Wildman–Crippen MR) is 84.2 cm³/mol. The number of hydrogen-bond donors (Lipinski definition) is 1. The average Bonchev–Trinajstić information content (AvgIpc) is 2.46. The second kappa shape index (κ2) is 7.34. The maximum Gasteiger partial charge on any atom is 0.138 e. The Bertz CT molecular complexity index is 579. The summed E-state index contributed by atoms with van der Waals surface area (Å²) in [6.07, 6.45) is 0.200. The Morgan fingerprint density at radius 3 is 2.33 bits per heavy atom. The van der Waals surface area contributed by atoms with E-state index in [-0.39, 0.29) is 6.10 Å². The normalized spacial score (nSPS) is 12.0. The Morgan fingerprint density at radius 1 is 1.10 bits per heavy atom. The van der Waals surface area contributed by atoms with Gasteiger partial charge < -0.3 is 14.6 Å². The van der Waals surface area contributed by atoms with Gasteiger partial charge in [-0.05, 0) is 48.7 Å². The van der Waals surface area contributed by atoms with E-state index in [9.17, 15) is 5.11 Å². The van der Waals surface area contributed by atoms with Crippen molar-refractivity contribution in [3.63, 3.8) is 0 Å². The van der Waals surface area contributed by atoms with Crippen LogP contribution in [0.5, 0.6) is 11.5 Å². The Hall–Kier alpha value is -1.71. The van der Waals surface area contributed by atoms with E-state index in [1.165, 1.54) is 0 Å². The van der Waals surface area contributed by atoms with Crippen LogP contribution in [0.3, 0.4) is 0 Å². The van der Waals surface area contributed by atoms with E-state index in [1.54, 1.807) is 14.0 Å². The second-order valence-electron chi connectivity index (χ2n) is 4.95. The van der Waals surface area contributed by atoms with Gasteiger partial charge in [0.05, 0.1) is 18.2 Å². The number of halogens is 1. The molecule has 0 bridgehead atoms. The zero-order chi connectivity index (χ0) is 15.2. The lowest BCUT2D eigenvalue weighted by molar-refractivity contribution is 0.195. The van der Waals surface area contributed by atoms with Crippen LogP contribution < -0.4 is 9.47 Å². The Kier molecular flexibility index (Phi) is 5.48. The van der Waals surface area contributed by atoms with Crippen LogP contribution in [0, 0.1) is 0 Å². The molecule has 0 aliphatic heterocycles. The van der Waals surface area contributed by atoms with Crippen molar-refractivity contribution in [2.24, 2.45) is 0 Å². The van der Waals surface area contributed by atoms with Crippen molar-refractivity contribution in [2.75, 3.05) is 7.11 Å². The molecule has 112 valence electrons. The van der Waals surface area contributed by atoms with Crippen molar-refractivity contribution < 1.29 is 14.6 Å². The molecule has 0 fully saturated rings. The molecule has 0 radical (unpaired) electrons. The Labute approximate surface area is 130 Å². The van der Waals surface area contributed by atoms with Gasteiger partial charge in [0, 0.05) is 0 Å². The monoisotopic (exact) mass is 306 g/mol. The third-order valence-corrected chi connectivity index (χ3v) is 3.38. The van der Waals surface area contributed by atoms with Gasteiger partial charge in [-0.25, -0.2) is 0 Å². The van der Waals surface area contributed by atoms with Crippen LogP contribution in [0.25, 0.3) is 0 Å². The highest BCUT2D eigenvalue weighted by Gasteiger charge is 2.06. The van der Waals surface area contributed by atoms with Crippen LogP contribution in [0.15, 0.2) is 42.5 Å². The van der Waals surface area contributed by atoms with Crippen molar-refractivity contribution in [1.29, 1.82) is 0 Å². The average molecular weight is 307 g/mol. The predicted octanol–water partition coefficient (Wildman–Crippen LogP) is 3.85. The number of aliphatic hydroxyl groups excluding tert-OH is 1. The first-order valence-corrected chi connectivity index (χ1v) is 7.18. The molecule has 1 unspecified atom stereocenters. The van der Waals surface area contributed by atoms with E-state index in [2.05, 4.69) is 0 Å². The first-order chi connectivity index (χ1) is 10.1. The van der Waals surface area contributed by atoms with Crippen LogP contribution in [0.2, 0.25) is 5.02 Å². The van der Waals surface area contributed by atoms with E-state index < -0.39 is 0 Å². The smallest absolute Gasteiger partial charge is 0.138 e. The summed E-state index contributed by atoms with van der Waals surface area (Å²) in [5.41, 5.74) is 2.03. The highest BCUT2D eigenvalue weighted by Crippen LogP contribution is 2.27. The molecule has 2 aromatic carbocycles. The first kappa shape index (κ1) is 15.7. The van der Waals surface area contributed by atoms with Gasteiger partial charge in [0.1, 0.15) is 18.1 Å². The molecule has 2 rings (SSSR count). The molecule has 0 saturated carbocycles.